The lowest BCUT2D eigenvalue weighted by atomic mass is 9.88. The molecular weight excluding hydrogens is 310 g/mol. The van der Waals surface area contributed by atoms with Crippen LogP contribution in [0.4, 0.5) is 0 Å². The van der Waals surface area contributed by atoms with Gasteiger partial charge in [-0.3, -0.25) is 0 Å². The Balaban J connectivity index is 1.93. The molecule has 0 spiro atoms. The molecule has 1 fully saturated rings. The van der Waals surface area contributed by atoms with E-state index in [0.717, 1.165) is 16.9 Å². The van der Waals surface area contributed by atoms with Crippen molar-refractivity contribution in [1.82, 2.24) is 4.90 Å². The molecule has 0 amide bonds. The number of hydrogen-bond donors (Lipinski definition) is 0. The lowest BCUT2D eigenvalue weighted by Crippen LogP contribution is -2.34. The number of halogens is 2. The molecule has 0 bridgehead atoms. The van der Waals surface area contributed by atoms with Crippen LogP contribution in [-0.4, -0.2) is 23.8 Å². The molecule has 1 aromatic rings. The molecular formula is C15H21BrClN. The fraction of sp³-hybridized carbons (Fsp3) is 0.600. The van der Waals surface area contributed by atoms with Gasteiger partial charge in [-0.15, -0.1) is 0 Å². The summed E-state index contributed by atoms with van der Waals surface area (Å²) < 4.78 is 0. The van der Waals surface area contributed by atoms with Crippen molar-refractivity contribution in [2.45, 2.75) is 32.2 Å². The predicted molar refractivity (Wildman–Crippen MR) is 82.5 cm³/mol. The maximum absolute atomic E-state index is 6.03. The second-order valence-corrected chi connectivity index (χ2v) is 6.64. The molecule has 0 atom stereocenters. The van der Waals surface area contributed by atoms with E-state index in [1.54, 1.807) is 0 Å². The molecule has 18 heavy (non-hydrogen) atoms. The van der Waals surface area contributed by atoms with E-state index >= 15 is 0 Å². The minimum absolute atomic E-state index is 0.493. The van der Waals surface area contributed by atoms with E-state index in [9.17, 15) is 0 Å². The van der Waals surface area contributed by atoms with Crippen LogP contribution in [0.25, 0.3) is 0 Å². The summed E-state index contributed by atoms with van der Waals surface area (Å²) in [5.41, 5.74) is 1.79. The van der Waals surface area contributed by atoms with E-state index < -0.39 is 0 Å². The van der Waals surface area contributed by atoms with E-state index in [-0.39, 0.29) is 0 Å². The molecule has 1 aromatic carbocycles. The Morgan fingerprint density at radius 2 is 2.06 bits per heavy atom. The standard InChI is InChI=1S/C15H21BrClN/c1-18(10-13-5-4-6-14(17)9-13)12-15(11-16)7-2-3-8-15/h4-6,9H,2-3,7-8,10-12H2,1H3. The third-order valence-electron chi connectivity index (χ3n) is 3.89. The first kappa shape index (κ1) is 14.4. The van der Waals surface area contributed by atoms with Crippen molar-refractivity contribution in [3.05, 3.63) is 34.9 Å². The number of rotatable bonds is 5. The molecule has 0 saturated heterocycles. The molecule has 2 rings (SSSR count). The number of hydrogen-bond acceptors (Lipinski definition) is 1. The van der Waals surface area contributed by atoms with Crippen LogP contribution < -0.4 is 0 Å². The summed E-state index contributed by atoms with van der Waals surface area (Å²) in [7, 11) is 2.21. The van der Waals surface area contributed by atoms with Crippen molar-refractivity contribution in [3.8, 4) is 0 Å². The normalized spacial score (nSPS) is 18.4. The quantitative estimate of drug-likeness (QED) is 0.706. The molecule has 1 nitrogen and oxygen atoms in total. The second-order valence-electron chi connectivity index (χ2n) is 5.64. The Bertz CT molecular complexity index is 388. The molecule has 0 unspecified atom stereocenters. The molecule has 100 valence electrons. The molecule has 0 radical (unpaired) electrons. The van der Waals surface area contributed by atoms with Gasteiger partial charge in [-0.25, -0.2) is 0 Å². The van der Waals surface area contributed by atoms with Gasteiger partial charge in [0.25, 0.3) is 0 Å². The van der Waals surface area contributed by atoms with Gasteiger partial charge < -0.3 is 4.90 Å². The number of nitrogens with zero attached hydrogens (tertiary/aromatic N) is 1. The lowest BCUT2D eigenvalue weighted by molar-refractivity contribution is 0.196. The molecule has 0 aliphatic heterocycles. The zero-order valence-corrected chi connectivity index (χ0v) is 13.3. The Labute approximate surface area is 124 Å². The molecule has 0 N–H and O–H groups in total. The van der Waals surface area contributed by atoms with Gasteiger partial charge in [0.05, 0.1) is 0 Å². The van der Waals surface area contributed by atoms with E-state index in [1.165, 1.54) is 37.8 Å². The van der Waals surface area contributed by atoms with Crippen molar-refractivity contribution in [1.29, 1.82) is 0 Å². The highest BCUT2D eigenvalue weighted by Crippen LogP contribution is 2.40. The topological polar surface area (TPSA) is 3.24 Å². The summed E-state index contributed by atoms with van der Waals surface area (Å²) in [5.74, 6) is 0. The highest BCUT2D eigenvalue weighted by molar-refractivity contribution is 9.09. The Hall–Kier alpha value is -0.0500. The highest BCUT2D eigenvalue weighted by atomic mass is 79.9. The van der Waals surface area contributed by atoms with Gasteiger partial charge in [-0.2, -0.15) is 0 Å². The average molecular weight is 331 g/mol. The average Bonchev–Trinajstić information content (AvgIpc) is 2.78. The van der Waals surface area contributed by atoms with Crippen LogP contribution in [0.3, 0.4) is 0 Å². The number of alkyl halides is 1. The monoisotopic (exact) mass is 329 g/mol. The zero-order chi connectivity index (χ0) is 13.0. The summed E-state index contributed by atoms with van der Waals surface area (Å²) in [4.78, 5) is 2.43. The molecule has 3 heteroatoms. The van der Waals surface area contributed by atoms with Crippen LogP contribution in [0.5, 0.6) is 0 Å². The fourth-order valence-electron chi connectivity index (χ4n) is 3.03. The first-order valence-corrected chi connectivity index (χ1v) is 8.12. The second kappa shape index (κ2) is 6.40. The van der Waals surface area contributed by atoms with Gasteiger partial charge in [-0.05, 0) is 43.0 Å². The van der Waals surface area contributed by atoms with Crippen molar-refractivity contribution >= 4 is 27.5 Å². The van der Waals surface area contributed by atoms with E-state index in [2.05, 4.69) is 40.0 Å². The van der Waals surface area contributed by atoms with Gasteiger partial charge in [0, 0.05) is 23.4 Å². The third-order valence-corrected chi connectivity index (χ3v) is 5.32. The van der Waals surface area contributed by atoms with E-state index in [1.807, 2.05) is 12.1 Å². The van der Waals surface area contributed by atoms with Crippen LogP contribution in [0, 0.1) is 5.41 Å². The Kier molecular flexibility index (Phi) is 5.11. The fourth-order valence-corrected chi connectivity index (χ4v) is 3.99. The Morgan fingerprint density at radius 3 is 2.67 bits per heavy atom. The van der Waals surface area contributed by atoms with Crippen molar-refractivity contribution in [2.75, 3.05) is 18.9 Å². The van der Waals surface area contributed by atoms with Crippen LogP contribution in [-0.2, 0) is 6.54 Å². The van der Waals surface area contributed by atoms with Gasteiger partial charge in [0.15, 0.2) is 0 Å². The SMILES string of the molecule is CN(Cc1cccc(Cl)c1)CC1(CBr)CCCC1. The predicted octanol–water partition coefficient (Wildman–Crippen LogP) is 4.73. The minimum atomic E-state index is 0.493. The Morgan fingerprint density at radius 1 is 1.33 bits per heavy atom. The van der Waals surface area contributed by atoms with Gasteiger partial charge in [0.1, 0.15) is 0 Å². The van der Waals surface area contributed by atoms with Crippen LogP contribution >= 0.6 is 27.5 Å². The van der Waals surface area contributed by atoms with Gasteiger partial charge in [0.2, 0.25) is 0 Å². The van der Waals surface area contributed by atoms with Crippen molar-refractivity contribution < 1.29 is 0 Å². The molecule has 0 aromatic heterocycles. The maximum Gasteiger partial charge on any atom is 0.0409 e. The molecule has 1 saturated carbocycles. The summed E-state index contributed by atoms with van der Waals surface area (Å²) in [5, 5.41) is 1.96. The van der Waals surface area contributed by atoms with Gasteiger partial charge >= 0.3 is 0 Å². The minimum Gasteiger partial charge on any atom is -0.302 e. The summed E-state index contributed by atoms with van der Waals surface area (Å²) in [6.45, 7) is 2.15. The van der Waals surface area contributed by atoms with E-state index in [0.29, 0.717) is 5.41 Å². The summed E-state index contributed by atoms with van der Waals surface area (Å²) in [6, 6.07) is 8.18. The maximum atomic E-state index is 6.03. The molecule has 1 aliphatic carbocycles. The largest absolute Gasteiger partial charge is 0.302 e. The smallest absolute Gasteiger partial charge is 0.0409 e. The van der Waals surface area contributed by atoms with Crippen LogP contribution in [0.2, 0.25) is 5.02 Å². The van der Waals surface area contributed by atoms with E-state index in [4.69, 9.17) is 11.6 Å². The van der Waals surface area contributed by atoms with Crippen LogP contribution in [0.15, 0.2) is 24.3 Å². The van der Waals surface area contributed by atoms with Crippen molar-refractivity contribution in [3.63, 3.8) is 0 Å². The van der Waals surface area contributed by atoms with Gasteiger partial charge in [-0.1, -0.05) is 52.5 Å². The molecule has 1 aliphatic rings. The lowest BCUT2D eigenvalue weighted by Gasteiger charge is -2.32. The zero-order valence-electron chi connectivity index (χ0n) is 11.0. The third kappa shape index (κ3) is 3.72. The summed E-state index contributed by atoms with van der Waals surface area (Å²) >= 11 is 9.74. The number of benzene rings is 1. The van der Waals surface area contributed by atoms with Crippen molar-refractivity contribution in [2.24, 2.45) is 5.41 Å². The first-order valence-electron chi connectivity index (χ1n) is 6.63. The molecule has 0 heterocycles. The highest BCUT2D eigenvalue weighted by Gasteiger charge is 2.33. The van der Waals surface area contributed by atoms with Crippen LogP contribution in [0.1, 0.15) is 31.2 Å². The first-order chi connectivity index (χ1) is 8.63. The summed E-state index contributed by atoms with van der Waals surface area (Å²) in [6.07, 6.45) is 5.49.